The lowest BCUT2D eigenvalue weighted by molar-refractivity contribution is -0.147. The normalized spacial score (nSPS) is 25.1. The van der Waals surface area contributed by atoms with Crippen LogP contribution in [-0.4, -0.2) is 35.0 Å². The van der Waals surface area contributed by atoms with E-state index < -0.39 is 17.4 Å². The molecule has 120 valence electrons. The molecule has 0 radical (unpaired) electrons. The fourth-order valence-corrected chi connectivity index (χ4v) is 2.84. The standard InChI is InChI=1S/C15H26N2O4/c1-3-10-16-12(18)7-8-13(19)17-15(2)9-5-4-6-11(15)14(20)21/h11H,3-10H2,1-2H3,(H,16,18)(H,17,19)(H,20,21). The third-order valence-corrected chi connectivity index (χ3v) is 4.08. The Kier molecular flexibility index (Phi) is 6.65. The predicted octanol–water partition coefficient (Wildman–Crippen LogP) is 1.44. The van der Waals surface area contributed by atoms with Crippen molar-refractivity contribution in [2.75, 3.05) is 6.54 Å². The van der Waals surface area contributed by atoms with Crippen LogP contribution in [0.25, 0.3) is 0 Å². The number of carbonyl (C=O) groups is 3. The van der Waals surface area contributed by atoms with Crippen molar-refractivity contribution in [2.45, 2.75) is 64.3 Å². The largest absolute Gasteiger partial charge is 0.481 e. The van der Waals surface area contributed by atoms with Crippen molar-refractivity contribution in [1.82, 2.24) is 10.6 Å². The van der Waals surface area contributed by atoms with Gasteiger partial charge in [-0.2, -0.15) is 0 Å². The zero-order valence-electron chi connectivity index (χ0n) is 12.9. The zero-order chi connectivity index (χ0) is 15.9. The molecule has 0 spiro atoms. The van der Waals surface area contributed by atoms with Crippen LogP contribution in [0.4, 0.5) is 0 Å². The molecule has 0 aromatic carbocycles. The Hall–Kier alpha value is -1.59. The summed E-state index contributed by atoms with van der Waals surface area (Å²) in [5.41, 5.74) is -0.707. The molecular weight excluding hydrogens is 272 g/mol. The van der Waals surface area contributed by atoms with Crippen LogP contribution in [0.5, 0.6) is 0 Å². The maximum absolute atomic E-state index is 12.0. The highest BCUT2D eigenvalue weighted by molar-refractivity contribution is 5.84. The lowest BCUT2D eigenvalue weighted by atomic mass is 9.74. The molecule has 21 heavy (non-hydrogen) atoms. The monoisotopic (exact) mass is 298 g/mol. The second-order valence-corrected chi connectivity index (χ2v) is 5.95. The molecule has 0 heterocycles. The van der Waals surface area contributed by atoms with Gasteiger partial charge in [-0.25, -0.2) is 0 Å². The van der Waals surface area contributed by atoms with Gasteiger partial charge in [0.05, 0.1) is 11.5 Å². The predicted molar refractivity (Wildman–Crippen MR) is 78.7 cm³/mol. The summed E-state index contributed by atoms with van der Waals surface area (Å²) in [5.74, 6) is -1.81. The van der Waals surface area contributed by atoms with Crippen LogP contribution in [0.1, 0.15) is 58.8 Å². The molecule has 3 N–H and O–H groups in total. The molecule has 0 aromatic heterocycles. The van der Waals surface area contributed by atoms with Gasteiger partial charge in [0.25, 0.3) is 0 Å². The van der Waals surface area contributed by atoms with Crippen molar-refractivity contribution in [3.05, 3.63) is 0 Å². The van der Waals surface area contributed by atoms with Gasteiger partial charge >= 0.3 is 5.97 Å². The third kappa shape index (κ3) is 5.36. The summed E-state index contributed by atoms with van der Waals surface area (Å²) in [5, 5.41) is 14.8. The van der Waals surface area contributed by atoms with Crippen molar-refractivity contribution in [2.24, 2.45) is 5.92 Å². The molecule has 2 unspecified atom stereocenters. The van der Waals surface area contributed by atoms with E-state index in [4.69, 9.17) is 0 Å². The first-order valence-corrected chi connectivity index (χ1v) is 7.69. The van der Waals surface area contributed by atoms with E-state index in [1.807, 2.05) is 6.92 Å². The summed E-state index contributed by atoms with van der Waals surface area (Å²) in [6, 6.07) is 0. The molecule has 0 aromatic rings. The lowest BCUT2D eigenvalue weighted by Gasteiger charge is -2.39. The number of nitrogens with one attached hydrogen (secondary N) is 2. The lowest BCUT2D eigenvalue weighted by Crippen LogP contribution is -2.55. The molecule has 0 aliphatic heterocycles. The van der Waals surface area contributed by atoms with Crippen molar-refractivity contribution >= 4 is 17.8 Å². The Bertz CT molecular complexity index is 397. The third-order valence-electron chi connectivity index (χ3n) is 4.08. The van der Waals surface area contributed by atoms with Crippen molar-refractivity contribution < 1.29 is 19.5 Å². The number of hydrogen-bond acceptors (Lipinski definition) is 3. The topological polar surface area (TPSA) is 95.5 Å². The van der Waals surface area contributed by atoms with Gasteiger partial charge in [-0.1, -0.05) is 19.8 Å². The summed E-state index contributed by atoms with van der Waals surface area (Å²) >= 11 is 0. The smallest absolute Gasteiger partial charge is 0.308 e. The van der Waals surface area contributed by atoms with E-state index in [1.54, 1.807) is 6.92 Å². The fourth-order valence-electron chi connectivity index (χ4n) is 2.84. The second-order valence-electron chi connectivity index (χ2n) is 5.95. The first-order chi connectivity index (χ1) is 9.89. The highest BCUT2D eigenvalue weighted by Gasteiger charge is 2.42. The Labute approximate surface area is 125 Å². The van der Waals surface area contributed by atoms with Gasteiger partial charge in [-0.05, 0) is 26.2 Å². The Morgan fingerprint density at radius 2 is 1.86 bits per heavy atom. The molecule has 1 fully saturated rings. The number of amides is 2. The highest BCUT2D eigenvalue weighted by Crippen LogP contribution is 2.33. The molecule has 1 rings (SSSR count). The van der Waals surface area contributed by atoms with Crippen molar-refractivity contribution in [3.8, 4) is 0 Å². The van der Waals surface area contributed by atoms with Crippen LogP contribution in [0.2, 0.25) is 0 Å². The molecule has 1 aliphatic rings. The second kappa shape index (κ2) is 8.00. The van der Waals surface area contributed by atoms with Crippen molar-refractivity contribution in [3.63, 3.8) is 0 Å². The summed E-state index contributed by atoms with van der Waals surface area (Å²) in [6.07, 6.45) is 4.13. The van der Waals surface area contributed by atoms with Crippen LogP contribution in [-0.2, 0) is 14.4 Å². The summed E-state index contributed by atoms with van der Waals surface area (Å²) in [6.45, 7) is 4.36. The maximum atomic E-state index is 12.0. The Balaban J connectivity index is 2.48. The van der Waals surface area contributed by atoms with E-state index in [0.29, 0.717) is 19.4 Å². The molecule has 6 heteroatoms. The van der Waals surface area contributed by atoms with Crippen LogP contribution < -0.4 is 10.6 Å². The van der Waals surface area contributed by atoms with Crippen LogP contribution in [0, 0.1) is 5.92 Å². The maximum Gasteiger partial charge on any atom is 0.308 e. The molecule has 1 aliphatic carbocycles. The van der Waals surface area contributed by atoms with E-state index in [9.17, 15) is 19.5 Å². The summed E-state index contributed by atoms with van der Waals surface area (Å²) in [7, 11) is 0. The van der Waals surface area contributed by atoms with Gasteiger partial charge < -0.3 is 15.7 Å². The Morgan fingerprint density at radius 3 is 2.48 bits per heavy atom. The fraction of sp³-hybridized carbons (Fsp3) is 0.800. The first kappa shape index (κ1) is 17.5. The molecule has 0 saturated heterocycles. The molecule has 2 amide bonds. The Morgan fingerprint density at radius 1 is 1.19 bits per heavy atom. The van der Waals surface area contributed by atoms with Gasteiger partial charge in [0, 0.05) is 19.4 Å². The van der Waals surface area contributed by atoms with Crippen LogP contribution in [0.3, 0.4) is 0 Å². The first-order valence-electron chi connectivity index (χ1n) is 7.69. The van der Waals surface area contributed by atoms with Gasteiger partial charge in [0.2, 0.25) is 11.8 Å². The van der Waals surface area contributed by atoms with Gasteiger partial charge in [-0.15, -0.1) is 0 Å². The van der Waals surface area contributed by atoms with E-state index in [2.05, 4.69) is 10.6 Å². The number of hydrogen-bond donors (Lipinski definition) is 3. The molecule has 1 saturated carbocycles. The molecular formula is C15H26N2O4. The van der Waals surface area contributed by atoms with Crippen molar-refractivity contribution in [1.29, 1.82) is 0 Å². The highest BCUT2D eigenvalue weighted by atomic mass is 16.4. The number of carboxylic acid groups (broad SMARTS) is 1. The number of aliphatic carboxylic acids is 1. The van der Waals surface area contributed by atoms with E-state index in [-0.39, 0.29) is 24.7 Å². The van der Waals surface area contributed by atoms with E-state index in [0.717, 1.165) is 19.3 Å². The minimum absolute atomic E-state index is 0.0947. The van der Waals surface area contributed by atoms with Gasteiger partial charge in [-0.3, -0.25) is 14.4 Å². The number of rotatable bonds is 7. The van der Waals surface area contributed by atoms with E-state index >= 15 is 0 Å². The number of carboxylic acids is 1. The zero-order valence-corrected chi connectivity index (χ0v) is 12.9. The minimum atomic E-state index is -0.863. The van der Waals surface area contributed by atoms with Gasteiger partial charge in [0.15, 0.2) is 0 Å². The quantitative estimate of drug-likeness (QED) is 0.662. The van der Waals surface area contributed by atoms with Crippen LogP contribution in [0.15, 0.2) is 0 Å². The molecule has 0 bridgehead atoms. The molecule has 6 nitrogen and oxygen atoms in total. The summed E-state index contributed by atoms with van der Waals surface area (Å²) < 4.78 is 0. The van der Waals surface area contributed by atoms with E-state index in [1.165, 1.54) is 0 Å². The summed E-state index contributed by atoms with van der Waals surface area (Å²) in [4.78, 5) is 34.8. The minimum Gasteiger partial charge on any atom is -0.481 e. The average molecular weight is 298 g/mol. The SMILES string of the molecule is CCCNC(=O)CCC(=O)NC1(C)CCCCC1C(=O)O. The van der Waals surface area contributed by atoms with Gasteiger partial charge in [0.1, 0.15) is 0 Å². The average Bonchev–Trinajstić information content (AvgIpc) is 2.42. The molecule has 2 atom stereocenters. The van der Waals surface area contributed by atoms with Crippen LogP contribution >= 0.6 is 0 Å². The number of carbonyl (C=O) groups excluding carboxylic acids is 2.